The molecule has 0 aliphatic heterocycles. The van der Waals surface area contributed by atoms with E-state index in [0.29, 0.717) is 36.2 Å². The van der Waals surface area contributed by atoms with E-state index >= 15 is 0 Å². The molecule has 2 rings (SSSR count). The van der Waals surface area contributed by atoms with Gasteiger partial charge in [0.15, 0.2) is 0 Å². The van der Waals surface area contributed by atoms with Gasteiger partial charge in [-0.1, -0.05) is 6.92 Å². The molecule has 2 aromatic rings. The zero-order valence-corrected chi connectivity index (χ0v) is 16.3. The van der Waals surface area contributed by atoms with Crippen LogP contribution in [0.15, 0.2) is 22.6 Å². The summed E-state index contributed by atoms with van der Waals surface area (Å²) in [6.45, 7) is 3.26. The minimum atomic E-state index is -0.0397. The smallest absolute Gasteiger partial charge is 0.288 e. The van der Waals surface area contributed by atoms with Crippen molar-refractivity contribution >= 4 is 18.1 Å². The number of nitrogens with zero attached hydrogens (tertiary/aromatic N) is 3. The molecule has 0 atom stereocenters. The molecule has 0 saturated heterocycles. The minimum absolute atomic E-state index is 0.0397. The first-order valence-corrected chi connectivity index (χ1v) is 8.64. The van der Waals surface area contributed by atoms with Crippen molar-refractivity contribution in [2.45, 2.75) is 20.0 Å². The molecule has 1 aromatic heterocycles. The first-order valence-electron chi connectivity index (χ1n) is 8.23. The lowest BCUT2D eigenvalue weighted by atomic mass is 10.2. The van der Waals surface area contributed by atoms with E-state index in [1.807, 2.05) is 14.0 Å². The van der Waals surface area contributed by atoms with Crippen LogP contribution < -0.4 is 14.8 Å². The maximum atomic E-state index is 11.8. The van der Waals surface area contributed by atoms with Crippen LogP contribution in [-0.4, -0.2) is 54.9 Å². The summed E-state index contributed by atoms with van der Waals surface area (Å²) in [6.07, 6.45) is 0.900. The van der Waals surface area contributed by atoms with Gasteiger partial charge >= 0.3 is 0 Å². The SMILES string of the molecule is CCCNC(=O)CN(C)Cn1nc(-c2cc(OC)cc(OC)c2)oc1=S. The molecule has 1 aromatic carbocycles. The molecule has 0 radical (unpaired) electrons. The Labute approximate surface area is 157 Å². The Kier molecular flexibility index (Phi) is 7.16. The van der Waals surface area contributed by atoms with E-state index in [2.05, 4.69) is 10.4 Å². The summed E-state index contributed by atoms with van der Waals surface area (Å²) in [4.78, 5) is 13.8. The maximum Gasteiger partial charge on any atom is 0.288 e. The van der Waals surface area contributed by atoms with Crippen molar-refractivity contribution in [1.29, 1.82) is 0 Å². The number of carbonyl (C=O) groups is 1. The number of methoxy groups -OCH3 is 2. The molecule has 1 N–H and O–H groups in total. The van der Waals surface area contributed by atoms with E-state index in [1.54, 1.807) is 37.3 Å². The Morgan fingerprint density at radius 1 is 1.31 bits per heavy atom. The number of amides is 1. The van der Waals surface area contributed by atoms with Gasteiger partial charge in [-0.3, -0.25) is 9.69 Å². The van der Waals surface area contributed by atoms with Crippen LogP contribution in [0.5, 0.6) is 11.5 Å². The summed E-state index contributed by atoms with van der Waals surface area (Å²) in [5.74, 6) is 1.57. The van der Waals surface area contributed by atoms with Gasteiger partial charge in [-0.05, 0) is 37.8 Å². The molecule has 0 aliphatic carbocycles. The van der Waals surface area contributed by atoms with E-state index in [1.165, 1.54) is 4.68 Å². The molecule has 26 heavy (non-hydrogen) atoms. The third-order valence-electron chi connectivity index (χ3n) is 3.57. The number of carbonyl (C=O) groups excluding carboxylic acids is 1. The van der Waals surface area contributed by atoms with Crippen LogP contribution in [0, 0.1) is 4.84 Å². The maximum absolute atomic E-state index is 11.8. The van der Waals surface area contributed by atoms with E-state index in [-0.39, 0.29) is 17.3 Å². The molecular formula is C17H24N4O4S. The van der Waals surface area contributed by atoms with Crippen LogP contribution in [0.1, 0.15) is 13.3 Å². The summed E-state index contributed by atoms with van der Waals surface area (Å²) in [5, 5.41) is 7.23. The first kappa shape index (κ1) is 19.9. The molecule has 0 spiro atoms. The lowest BCUT2D eigenvalue weighted by Crippen LogP contribution is -2.36. The highest BCUT2D eigenvalue weighted by molar-refractivity contribution is 7.71. The third kappa shape index (κ3) is 5.30. The van der Waals surface area contributed by atoms with E-state index < -0.39 is 0 Å². The Hall–Kier alpha value is -2.39. The summed E-state index contributed by atoms with van der Waals surface area (Å²) >= 11 is 5.24. The van der Waals surface area contributed by atoms with Gasteiger partial charge in [0.2, 0.25) is 11.8 Å². The van der Waals surface area contributed by atoms with Gasteiger partial charge in [-0.2, -0.15) is 0 Å². The van der Waals surface area contributed by atoms with Gasteiger partial charge < -0.3 is 19.2 Å². The number of ether oxygens (including phenoxy) is 2. The average molecular weight is 380 g/mol. The standard InChI is InChI=1S/C17H24N4O4S/c1-5-6-18-15(22)10-20(2)11-21-17(26)25-16(19-21)12-7-13(23-3)9-14(8-12)24-4/h7-9H,5-6,10-11H2,1-4H3,(H,18,22). The second-order valence-corrected chi connectivity index (χ2v) is 6.13. The zero-order valence-electron chi connectivity index (χ0n) is 15.4. The van der Waals surface area contributed by atoms with Crippen molar-refractivity contribution in [2.75, 3.05) is 34.4 Å². The highest BCUT2D eigenvalue weighted by Crippen LogP contribution is 2.29. The second-order valence-electron chi connectivity index (χ2n) is 5.78. The van der Waals surface area contributed by atoms with Crippen LogP contribution in [-0.2, 0) is 11.5 Å². The Morgan fingerprint density at radius 3 is 2.54 bits per heavy atom. The summed E-state index contributed by atoms with van der Waals surface area (Å²) in [6, 6.07) is 5.34. The van der Waals surface area contributed by atoms with Gasteiger partial charge in [-0.15, -0.1) is 5.10 Å². The van der Waals surface area contributed by atoms with Crippen LogP contribution >= 0.6 is 12.2 Å². The van der Waals surface area contributed by atoms with E-state index in [0.717, 1.165) is 6.42 Å². The fourth-order valence-corrected chi connectivity index (χ4v) is 2.46. The topological polar surface area (TPSA) is 81.8 Å². The number of hydrogen-bond acceptors (Lipinski definition) is 7. The van der Waals surface area contributed by atoms with Crippen molar-refractivity contribution in [2.24, 2.45) is 0 Å². The van der Waals surface area contributed by atoms with Crippen LogP contribution in [0.25, 0.3) is 11.5 Å². The predicted molar refractivity (Wildman–Crippen MR) is 99.8 cm³/mol. The molecule has 142 valence electrons. The zero-order chi connectivity index (χ0) is 19.1. The third-order valence-corrected chi connectivity index (χ3v) is 3.86. The highest BCUT2D eigenvalue weighted by Gasteiger charge is 2.13. The number of aromatic nitrogens is 2. The monoisotopic (exact) mass is 380 g/mol. The molecule has 1 amide bonds. The Morgan fingerprint density at radius 2 is 1.96 bits per heavy atom. The number of hydrogen-bond donors (Lipinski definition) is 1. The summed E-state index contributed by atoms with van der Waals surface area (Å²) in [7, 11) is 4.97. The van der Waals surface area contributed by atoms with Crippen LogP contribution in [0.4, 0.5) is 0 Å². The molecule has 0 unspecified atom stereocenters. The molecule has 8 nitrogen and oxygen atoms in total. The van der Waals surface area contributed by atoms with Crippen molar-refractivity contribution < 1.29 is 18.7 Å². The fourth-order valence-electron chi connectivity index (χ4n) is 2.29. The highest BCUT2D eigenvalue weighted by atomic mass is 32.1. The van der Waals surface area contributed by atoms with E-state index in [4.69, 9.17) is 26.1 Å². The van der Waals surface area contributed by atoms with Crippen molar-refractivity contribution in [1.82, 2.24) is 20.0 Å². The Balaban J connectivity index is 2.14. The number of nitrogens with one attached hydrogen (secondary N) is 1. The number of likely N-dealkylation sites (N-methyl/N-ethyl adjacent to an activating group) is 1. The molecular weight excluding hydrogens is 356 g/mol. The molecule has 1 heterocycles. The number of benzene rings is 1. The molecule has 0 aliphatic rings. The van der Waals surface area contributed by atoms with Gasteiger partial charge in [0, 0.05) is 18.2 Å². The average Bonchev–Trinajstić information content (AvgIpc) is 2.99. The van der Waals surface area contributed by atoms with Gasteiger partial charge in [0.1, 0.15) is 11.5 Å². The lowest BCUT2D eigenvalue weighted by Gasteiger charge is -2.15. The largest absolute Gasteiger partial charge is 0.497 e. The fraction of sp³-hybridized carbons (Fsp3) is 0.471. The van der Waals surface area contributed by atoms with Gasteiger partial charge in [0.25, 0.3) is 4.84 Å². The van der Waals surface area contributed by atoms with Crippen molar-refractivity contribution in [3.63, 3.8) is 0 Å². The molecule has 0 saturated carbocycles. The van der Waals surface area contributed by atoms with Gasteiger partial charge in [-0.25, -0.2) is 4.68 Å². The van der Waals surface area contributed by atoms with Gasteiger partial charge in [0.05, 0.1) is 27.4 Å². The van der Waals surface area contributed by atoms with Crippen LogP contribution in [0.2, 0.25) is 0 Å². The number of rotatable bonds is 9. The Bertz CT molecular complexity index is 780. The van der Waals surface area contributed by atoms with Crippen LogP contribution in [0.3, 0.4) is 0 Å². The minimum Gasteiger partial charge on any atom is -0.497 e. The summed E-state index contributed by atoms with van der Waals surface area (Å²) in [5.41, 5.74) is 0.689. The predicted octanol–water partition coefficient (Wildman–Crippen LogP) is 2.31. The van der Waals surface area contributed by atoms with Crippen molar-refractivity contribution in [3.8, 4) is 23.0 Å². The van der Waals surface area contributed by atoms with Crippen molar-refractivity contribution in [3.05, 3.63) is 23.0 Å². The molecule has 0 bridgehead atoms. The first-order chi connectivity index (χ1) is 12.5. The second kappa shape index (κ2) is 9.35. The summed E-state index contributed by atoms with van der Waals surface area (Å²) < 4.78 is 17.7. The lowest BCUT2D eigenvalue weighted by molar-refractivity contribution is -0.122. The quantitative estimate of drug-likeness (QED) is 0.669. The molecule has 9 heteroatoms. The molecule has 0 fully saturated rings. The van der Waals surface area contributed by atoms with E-state index in [9.17, 15) is 4.79 Å². The normalized spacial score (nSPS) is 10.8.